The van der Waals surface area contributed by atoms with Crippen LogP contribution in [0, 0.1) is 0 Å². The summed E-state index contributed by atoms with van der Waals surface area (Å²) in [7, 11) is 0. The highest BCUT2D eigenvalue weighted by atomic mass is 16.3. The van der Waals surface area contributed by atoms with Crippen molar-refractivity contribution < 1.29 is 5.11 Å². The zero-order valence-electron chi connectivity index (χ0n) is 13.1. The minimum atomic E-state index is -0.536. The maximum absolute atomic E-state index is 10.7. The molecule has 1 aliphatic rings. The van der Waals surface area contributed by atoms with E-state index >= 15 is 0 Å². The highest BCUT2D eigenvalue weighted by molar-refractivity contribution is 5.97. The number of benzene rings is 4. The van der Waals surface area contributed by atoms with Gasteiger partial charge in [0.2, 0.25) is 0 Å². The first-order valence-electron chi connectivity index (χ1n) is 8.22. The van der Waals surface area contributed by atoms with Crippen molar-refractivity contribution in [2.45, 2.75) is 6.10 Å². The lowest BCUT2D eigenvalue weighted by Crippen LogP contribution is -1.94. The van der Waals surface area contributed by atoms with Crippen LogP contribution in [0.2, 0.25) is 0 Å². The summed E-state index contributed by atoms with van der Waals surface area (Å²) < 4.78 is 0. The Bertz CT molecular complexity index is 1070. The summed E-state index contributed by atoms with van der Waals surface area (Å²) in [6, 6.07) is 29.4. The van der Waals surface area contributed by atoms with Crippen molar-refractivity contribution in [2.75, 3.05) is 0 Å². The summed E-state index contributed by atoms with van der Waals surface area (Å²) in [5, 5.41) is 13.2. The van der Waals surface area contributed by atoms with Crippen LogP contribution in [0.5, 0.6) is 0 Å². The molecule has 1 nitrogen and oxygen atoms in total. The van der Waals surface area contributed by atoms with Crippen molar-refractivity contribution in [2.24, 2.45) is 0 Å². The van der Waals surface area contributed by atoms with Crippen molar-refractivity contribution in [3.05, 3.63) is 96.1 Å². The molecule has 1 unspecified atom stereocenters. The topological polar surface area (TPSA) is 20.2 Å². The zero-order chi connectivity index (χ0) is 16.1. The molecule has 1 atom stereocenters. The van der Waals surface area contributed by atoms with E-state index in [4.69, 9.17) is 0 Å². The molecule has 0 saturated heterocycles. The van der Waals surface area contributed by atoms with E-state index in [0.717, 1.165) is 27.8 Å². The van der Waals surface area contributed by atoms with E-state index in [1.54, 1.807) is 0 Å². The summed E-state index contributed by atoms with van der Waals surface area (Å²) in [5.41, 5.74) is 6.65. The van der Waals surface area contributed by atoms with Crippen molar-refractivity contribution in [3.8, 4) is 22.3 Å². The van der Waals surface area contributed by atoms with Crippen LogP contribution in [-0.2, 0) is 0 Å². The molecule has 24 heavy (non-hydrogen) atoms. The van der Waals surface area contributed by atoms with Crippen LogP contribution in [0.4, 0.5) is 0 Å². The Kier molecular flexibility index (Phi) is 2.85. The molecule has 1 heteroatoms. The SMILES string of the molecule is OC1c2ccccc2-c2ccc(-c3cccc4ccccc34)cc21. The van der Waals surface area contributed by atoms with Gasteiger partial charge in [-0.1, -0.05) is 78.9 Å². The molecular weight excluding hydrogens is 292 g/mol. The van der Waals surface area contributed by atoms with Gasteiger partial charge in [-0.2, -0.15) is 0 Å². The molecule has 0 spiro atoms. The molecule has 4 aromatic carbocycles. The van der Waals surface area contributed by atoms with Gasteiger partial charge in [0.1, 0.15) is 6.10 Å². The molecule has 5 rings (SSSR count). The van der Waals surface area contributed by atoms with Crippen LogP contribution in [0.3, 0.4) is 0 Å². The first-order valence-corrected chi connectivity index (χ1v) is 8.22. The molecule has 0 saturated carbocycles. The van der Waals surface area contributed by atoms with E-state index in [-0.39, 0.29) is 0 Å². The average molecular weight is 308 g/mol. The normalized spacial score (nSPS) is 15.3. The molecule has 1 aliphatic carbocycles. The molecular formula is C23H16O. The van der Waals surface area contributed by atoms with Crippen LogP contribution in [0.25, 0.3) is 33.0 Å². The second-order valence-electron chi connectivity index (χ2n) is 6.32. The summed E-state index contributed by atoms with van der Waals surface area (Å²) in [6.07, 6.45) is -0.536. The molecule has 114 valence electrons. The predicted molar refractivity (Wildman–Crippen MR) is 98.9 cm³/mol. The van der Waals surface area contributed by atoms with E-state index in [2.05, 4.69) is 66.7 Å². The summed E-state index contributed by atoms with van der Waals surface area (Å²) >= 11 is 0. The van der Waals surface area contributed by atoms with E-state index < -0.39 is 6.10 Å². The van der Waals surface area contributed by atoms with Crippen LogP contribution in [0.1, 0.15) is 17.2 Å². The maximum atomic E-state index is 10.7. The van der Waals surface area contributed by atoms with E-state index in [0.29, 0.717) is 0 Å². The third-order valence-corrected chi connectivity index (χ3v) is 4.99. The van der Waals surface area contributed by atoms with Crippen LogP contribution in [-0.4, -0.2) is 5.11 Å². The highest BCUT2D eigenvalue weighted by Crippen LogP contribution is 2.45. The third-order valence-electron chi connectivity index (χ3n) is 4.99. The minimum Gasteiger partial charge on any atom is -0.384 e. The first-order chi connectivity index (χ1) is 11.8. The van der Waals surface area contributed by atoms with Gasteiger partial charge in [0.15, 0.2) is 0 Å². The van der Waals surface area contributed by atoms with Crippen molar-refractivity contribution in [1.29, 1.82) is 0 Å². The molecule has 0 aromatic heterocycles. The highest BCUT2D eigenvalue weighted by Gasteiger charge is 2.26. The lowest BCUT2D eigenvalue weighted by molar-refractivity contribution is 0.225. The van der Waals surface area contributed by atoms with Gasteiger partial charge < -0.3 is 5.11 Å². The second-order valence-corrected chi connectivity index (χ2v) is 6.32. The van der Waals surface area contributed by atoms with Crippen LogP contribution in [0.15, 0.2) is 84.9 Å². The zero-order valence-corrected chi connectivity index (χ0v) is 13.1. The Morgan fingerprint density at radius 1 is 0.583 bits per heavy atom. The first kappa shape index (κ1) is 13.5. The van der Waals surface area contributed by atoms with E-state index in [1.807, 2.05) is 18.2 Å². The number of fused-ring (bicyclic) bond motifs is 4. The number of hydrogen-bond donors (Lipinski definition) is 1. The number of hydrogen-bond acceptors (Lipinski definition) is 1. The van der Waals surface area contributed by atoms with Gasteiger partial charge >= 0.3 is 0 Å². The summed E-state index contributed by atoms with van der Waals surface area (Å²) in [4.78, 5) is 0. The summed E-state index contributed by atoms with van der Waals surface area (Å²) in [5.74, 6) is 0. The molecule has 0 bridgehead atoms. The largest absolute Gasteiger partial charge is 0.384 e. The fraction of sp³-hybridized carbons (Fsp3) is 0.0435. The maximum Gasteiger partial charge on any atom is 0.105 e. The summed E-state index contributed by atoms with van der Waals surface area (Å²) in [6.45, 7) is 0. The molecule has 0 amide bonds. The van der Waals surface area contributed by atoms with Gasteiger partial charge in [0.05, 0.1) is 0 Å². The smallest absolute Gasteiger partial charge is 0.105 e. The molecule has 0 fully saturated rings. The fourth-order valence-electron chi connectivity index (χ4n) is 3.83. The molecule has 0 aliphatic heterocycles. The van der Waals surface area contributed by atoms with Crippen molar-refractivity contribution in [1.82, 2.24) is 0 Å². The number of aliphatic hydroxyl groups is 1. The third kappa shape index (κ3) is 1.85. The van der Waals surface area contributed by atoms with Gasteiger partial charge in [-0.05, 0) is 50.2 Å². The molecule has 4 aromatic rings. The molecule has 1 N–H and O–H groups in total. The van der Waals surface area contributed by atoms with Gasteiger partial charge in [0, 0.05) is 0 Å². The Hall–Kier alpha value is -2.90. The lowest BCUT2D eigenvalue weighted by atomic mass is 9.95. The second kappa shape index (κ2) is 5.05. The minimum absolute atomic E-state index is 0.536. The molecule has 0 heterocycles. The standard InChI is InChI=1S/C23H16O/c24-23-21-10-4-3-9-19(21)20-13-12-16(14-22(20)23)18-11-5-7-15-6-1-2-8-17(15)18/h1-14,23-24H. The van der Waals surface area contributed by atoms with Gasteiger partial charge in [0.25, 0.3) is 0 Å². The van der Waals surface area contributed by atoms with E-state index in [9.17, 15) is 5.11 Å². The van der Waals surface area contributed by atoms with Gasteiger partial charge in [-0.3, -0.25) is 0 Å². The fourth-order valence-corrected chi connectivity index (χ4v) is 3.83. The predicted octanol–water partition coefficient (Wildman–Crippen LogP) is 5.57. The number of aliphatic hydroxyl groups excluding tert-OH is 1. The lowest BCUT2D eigenvalue weighted by Gasteiger charge is -2.10. The quantitative estimate of drug-likeness (QED) is 0.487. The van der Waals surface area contributed by atoms with E-state index in [1.165, 1.54) is 16.3 Å². The van der Waals surface area contributed by atoms with Gasteiger partial charge in [-0.15, -0.1) is 0 Å². The average Bonchev–Trinajstić information content (AvgIpc) is 2.94. The molecule has 0 radical (unpaired) electrons. The van der Waals surface area contributed by atoms with Gasteiger partial charge in [-0.25, -0.2) is 0 Å². The monoisotopic (exact) mass is 308 g/mol. The Morgan fingerprint density at radius 2 is 1.29 bits per heavy atom. The van der Waals surface area contributed by atoms with Crippen LogP contribution >= 0.6 is 0 Å². The number of rotatable bonds is 1. The van der Waals surface area contributed by atoms with Crippen molar-refractivity contribution >= 4 is 10.8 Å². The Labute approximate surface area is 140 Å². The van der Waals surface area contributed by atoms with Crippen LogP contribution < -0.4 is 0 Å². The Balaban J connectivity index is 1.73. The Morgan fingerprint density at radius 3 is 2.25 bits per heavy atom. The van der Waals surface area contributed by atoms with Crippen molar-refractivity contribution in [3.63, 3.8) is 0 Å².